The Balaban J connectivity index is -0.00000112. The molecule has 0 aromatic rings. The van der Waals surface area contributed by atoms with E-state index >= 15 is 0 Å². The molecular weight excluding hydrogens is 292 g/mol. The van der Waals surface area contributed by atoms with Crippen molar-refractivity contribution < 1.29 is 127 Å². The van der Waals surface area contributed by atoms with Gasteiger partial charge in [0, 0.05) is 18.8 Å². The Kier molecular flexibility index (Phi) is 20.7. The molecule has 1 atom stereocenters. The molecule has 0 spiro atoms. The van der Waals surface area contributed by atoms with Crippen molar-refractivity contribution in [1.29, 1.82) is 0 Å². The molecule has 92 valence electrons. The van der Waals surface area contributed by atoms with Crippen LogP contribution in [-0.2, 0) is 14.4 Å². The summed E-state index contributed by atoms with van der Waals surface area (Å²) < 4.78 is 0. The van der Waals surface area contributed by atoms with E-state index in [1.54, 1.807) is 0 Å². The molecule has 0 aliphatic heterocycles. The average molecular weight is 307 g/mol. The SMILES string of the molecule is CCCCCC(=O)N[C@@H](CC(=O)[O-])C(=O)[O-].[K+].[K+]. The molecule has 0 heterocycles. The average Bonchev–Trinajstić information content (AvgIpc) is 2.16. The number of nitrogens with one attached hydrogen (secondary N) is 1. The molecule has 0 saturated heterocycles. The van der Waals surface area contributed by atoms with Gasteiger partial charge in [0.2, 0.25) is 5.91 Å². The number of carbonyl (C=O) groups excluding carboxylic acids is 3. The fourth-order valence-electron chi connectivity index (χ4n) is 1.16. The zero-order valence-corrected chi connectivity index (χ0v) is 17.4. The van der Waals surface area contributed by atoms with Crippen LogP contribution in [0, 0.1) is 0 Å². The third kappa shape index (κ3) is 14.1. The summed E-state index contributed by atoms with van der Waals surface area (Å²) in [6, 6.07) is -1.51. The summed E-state index contributed by atoms with van der Waals surface area (Å²) in [4.78, 5) is 31.9. The summed E-state index contributed by atoms with van der Waals surface area (Å²) in [6.07, 6.45) is 1.86. The van der Waals surface area contributed by atoms with Gasteiger partial charge in [-0.25, -0.2) is 0 Å². The molecule has 0 unspecified atom stereocenters. The molecule has 1 amide bonds. The smallest absolute Gasteiger partial charge is 0.550 e. The van der Waals surface area contributed by atoms with E-state index in [4.69, 9.17) is 0 Å². The van der Waals surface area contributed by atoms with Crippen LogP contribution in [0.4, 0.5) is 0 Å². The van der Waals surface area contributed by atoms with Gasteiger partial charge in [-0.1, -0.05) is 19.8 Å². The molecule has 0 aliphatic carbocycles. The van der Waals surface area contributed by atoms with Crippen molar-refractivity contribution in [2.75, 3.05) is 0 Å². The van der Waals surface area contributed by atoms with Crippen molar-refractivity contribution in [3.05, 3.63) is 0 Å². The Labute approximate surface area is 191 Å². The minimum atomic E-state index is -1.62. The summed E-state index contributed by atoms with van der Waals surface area (Å²) in [5.74, 6) is -3.64. The van der Waals surface area contributed by atoms with Gasteiger partial charge in [-0.05, 0) is 6.42 Å². The standard InChI is InChI=1S/C10H17NO5.2K/c1-2-3-4-5-8(12)11-7(10(15)16)6-9(13)14;;/h7H,2-6H2,1H3,(H,11,12)(H,13,14)(H,15,16);;/q;2*+1/p-2/t7-;;/m0../s1. The van der Waals surface area contributed by atoms with E-state index in [-0.39, 0.29) is 109 Å². The van der Waals surface area contributed by atoms with Gasteiger partial charge in [-0.2, -0.15) is 0 Å². The number of unbranched alkanes of at least 4 members (excludes halogenated alkanes) is 2. The summed E-state index contributed by atoms with van der Waals surface area (Å²) in [6.45, 7) is 1.97. The van der Waals surface area contributed by atoms with Crippen LogP contribution in [0.5, 0.6) is 0 Å². The number of rotatable bonds is 8. The Morgan fingerprint density at radius 1 is 1.11 bits per heavy atom. The zero-order valence-electron chi connectivity index (χ0n) is 11.2. The van der Waals surface area contributed by atoms with Crippen LogP contribution in [0.3, 0.4) is 0 Å². The predicted molar refractivity (Wildman–Crippen MR) is 50.7 cm³/mol. The van der Waals surface area contributed by atoms with E-state index in [1.165, 1.54) is 0 Å². The van der Waals surface area contributed by atoms with E-state index in [0.717, 1.165) is 12.8 Å². The van der Waals surface area contributed by atoms with Crippen molar-refractivity contribution in [2.24, 2.45) is 0 Å². The first-order valence-electron chi connectivity index (χ1n) is 5.17. The first kappa shape index (κ1) is 24.7. The largest absolute Gasteiger partial charge is 1.00 e. The zero-order chi connectivity index (χ0) is 12.6. The Morgan fingerprint density at radius 2 is 1.67 bits per heavy atom. The molecule has 18 heavy (non-hydrogen) atoms. The Morgan fingerprint density at radius 3 is 2.06 bits per heavy atom. The Hall–Kier alpha value is 1.68. The second kappa shape index (κ2) is 15.1. The van der Waals surface area contributed by atoms with Crippen molar-refractivity contribution in [1.82, 2.24) is 5.32 Å². The van der Waals surface area contributed by atoms with E-state index in [2.05, 4.69) is 5.32 Å². The van der Waals surface area contributed by atoms with Crippen LogP contribution in [0.15, 0.2) is 0 Å². The molecule has 0 bridgehead atoms. The Bertz CT molecular complexity index is 273. The molecule has 6 nitrogen and oxygen atoms in total. The summed E-state index contributed by atoms with van der Waals surface area (Å²) in [5, 5.41) is 22.8. The maximum atomic E-state index is 11.2. The molecule has 0 aromatic heterocycles. The number of hydrogen-bond acceptors (Lipinski definition) is 5. The van der Waals surface area contributed by atoms with Gasteiger partial charge in [0.05, 0.1) is 12.0 Å². The van der Waals surface area contributed by atoms with E-state index in [0.29, 0.717) is 6.42 Å². The first-order chi connectivity index (χ1) is 7.47. The fraction of sp³-hybridized carbons (Fsp3) is 0.700. The van der Waals surface area contributed by atoms with Crippen LogP contribution in [0.2, 0.25) is 0 Å². The van der Waals surface area contributed by atoms with Crippen LogP contribution < -0.4 is 118 Å². The van der Waals surface area contributed by atoms with Crippen LogP contribution in [0.1, 0.15) is 39.0 Å². The van der Waals surface area contributed by atoms with Gasteiger partial charge >= 0.3 is 103 Å². The number of carboxylic acids is 2. The number of carboxylic acid groups (broad SMARTS) is 2. The third-order valence-corrected chi connectivity index (χ3v) is 2.00. The topological polar surface area (TPSA) is 109 Å². The van der Waals surface area contributed by atoms with Gasteiger partial charge < -0.3 is 25.1 Å². The molecule has 0 saturated carbocycles. The monoisotopic (exact) mass is 307 g/mol. The fourth-order valence-corrected chi connectivity index (χ4v) is 1.16. The number of carbonyl (C=O) groups is 3. The van der Waals surface area contributed by atoms with E-state index < -0.39 is 30.3 Å². The number of hydrogen-bond donors (Lipinski definition) is 1. The van der Waals surface area contributed by atoms with Crippen molar-refractivity contribution in [2.45, 2.75) is 45.1 Å². The summed E-state index contributed by atoms with van der Waals surface area (Å²) >= 11 is 0. The van der Waals surface area contributed by atoms with Gasteiger partial charge in [0.25, 0.3) is 0 Å². The normalized spacial score (nSPS) is 10.5. The molecule has 0 fully saturated rings. The molecular formula is C10H15K2NO5. The molecule has 0 aliphatic rings. The van der Waals surface area contributed by atoms with Crippen LogP contribution in [-0.4, -0.2) is 23.9 Å². The van der Waals surface area contributed by atoms with Crippen molar-refractivity contribution >= 4 is 17.8 Å². The van der Waals surface area contributed by atoms with Gasteiger partial charge in [0.1, 0.15) is 0 Å². The van der Waals surface area contributed by atoms with Gasteiger partial charge in [0.15, 0.2) is 0 Å². The first-order valence-corrected chi connectivity index (χ1v) is 5.17. The minimum absolute atomic E-state index is 0. The van der Waals surface area contributed by atoms with Crippen LogP contribution >= 0.6 is 0 Å². The van der Waals surface area contributed by atoms with E-state index in [1.807, 2.05) is 6.92 Å². The van der Waals surface area contributed by atoms with Crippen molar-refractivity contribution in [3.63, 3.8) is 0 Å². The third-order valence-electron chi connectivity index (χ3n) is 2.00. The maximum Gasteiger partial charge on any atom is 1.00 e. The second-order valence-electron chi connectivity index (χ2n) is 3.47. The number of amides is 1. The second-order valence-corrected chi connectivity index (χ2v) is 3.47. The quantitative estimate of drug-likeness (QED) is 0.354. The van der Waals surface area contributed by atoms with Crippen molar-refractivity contribution in [3.8, 4) is 0 Å². The summed E-state index contributed by atoms with van der Waals surface area (Å²) in [7, 11) is 0. The molecule has 1 N–H and O–H groups in total. The number of aliphatic carboxylic acids is 2. The molecule has 0 aromatic carbocycles. The molecule has 8 heteroatoms. The van der Waals surface area contributed by atoms with E-state index in [9.17, 15) is 24.6 Å². The van der Waals surface area contributed by atoms with Gasteiger partial charge in [-0.3, -0.25) is 4.79 Å². The van der Waals surface area contributed by atoms with Crippen LogP contribution in [0.25, 0.3) is 0 Å². The van der Waals surface area contributed by atoms with Gasteiger partial charge in [-0.15, -0.1) is 0 Å². The minimum Gasteiger partial charge on any atom is -0.550 e. The molecule has 0 rings (SSSR count). The maximum absolute atomic E-state index is 11.2. The predicted octanol–water partition coefficient (Wildman–Crippen LogP) is -8.05. The molecule has 0 radical (unpaired) electrons. The summed E-state index contributed by atoms with van der Waals surface area (Å²) in [5.41, 5.74) is 0.